The van der Waals surface area contributed by atoms with E-state index in [4.69, 9.17) is 4.74 Å². The molecule has 0 fully saturated rings. The molecule has 3 aromatic rings. The molecule has 128 valence electrons. The number of amides is 1. The average molecular weight is 341 g/mol. The molecule has 0 saturated carbocycles. The first-order valence-electron chi connectivity index (χ1n) is 8.59. The first-order valence-corrected chi connectivity index (χ1v) is 8.59. The number of hydrogen-bond acceptors (Lipinski definition) is 2. The van der Waals surface area contributed by atoms with Gasteiger partial charge in [-0.25, -0.2) is 0 Å². The molecule has 0 aliphatic carbocycles. The summed E-state index contributed by atoms with van der Waals surface area (Å²) in [5.74, 6) is 0.718. The first-order chi connectivity index (χ1) is 12.7. The maximum absolute atomic E-state index is 12.8. The number of hydrogen-bond donors (Lipinski definition) is 0. The van der Waals surface area contributed by atoms with Crippen molar-refractivity contribution >= 4 is 17.7 Å². The summed E-state index contributed by atoms with van der Waals surface area (Å²) in [6, 6.07) is 27.3. The number of carbonyl (C=O) groups is 1. The summed E-state index contributed by atoms with van der Waals surface area (Å²) in [7, 11) is 1.78. The van der Waals surface area contributed by atoms with E-state index in [9.17, 15) is 4.79 Å². The number of benzene rings is 3. The van der Waals surface area contributed by atoms with Crippen molar-refractivity contribution in [2.24, 2.45) is 0 Å². The monoisotopic (exact) mass is 341 g/mol. The van der Waals surface area contributed by atoms with E-state index in [-0.39, 0.29) is 5.91 Å². The zero-order valence-electron chi connectivity index (χ0n) is 14.5. The quantitative estimate of drug-likeness (QED) is 0.672. The fourth-order valence-electron chi connectivity index (χ4n) is 3.17. The zero-order valence-corrected chi connectivity index (χ0v) is 14.5. The van der Waals surface area contributed by atoms with Crippen molar-refractivity contribution in [2.75, 3.05) is 7.05 Å². The molecular formula is C23H19NO2. The van der Waals surface area contributed by atoms with Gasteiger partial charge < -0.3 is 9.64 Å². The van der Waals surface area contributed by atoms with E-state index in [0.717, 1.165) is 22.4 Å². The Balaban J connectivity index is 1.68. The number of carbonyl (C=O) groups excluding carboxylic acids is 1. The van der Waals surface area contributed by atoms with Crippen molar-refractivity contribution in [3.8, 4) is 0 Å². The Bertz CT molecular complexity index is 948. The molecule has 1 heterocycles. The fourth-order valence-corrected chi connectivity index (χ4v) is 3.17. The molecule has 0 spiro atoms. The minimum absolute atomic E-state index is 0.0636. The highest BCUT2D eigenvalue weighted by molar-refractivity contribution is 5.94. The second kappa shape index (κ2) is 6.89. The normalized spacial score (nSPS) is 16.8. The number of rotatable bonds is 3. The molecule has 0 saturated heterocycles. The second-order valence-electron chi connectivity index (χ2n) is 6.26. The van der Waals surface area contributed by atoms with Crippen LogP contribution in [-0.4, -0.2) is 17.9 Å². The van der Waals surface area contributed by atoms with Gasteiger partial charge in [0.2, 0.25) is 6.23 Å². The highest BCUT2D eigenvalue weighted by Gasteiger charge is 2.33. The van der Waals surface area contributed by atoms with Gasteiger partial charge in [-0.3, -0.25) is 4.79 Å². The lowest BCUT2D eigenvalue weighted by atomic mass is 10.0. The maximum Gasteiger partial charge on any atom is 0.256 e. The van der Waals surface area contributed by atoms with Crippen LogP contribution in [0.15, 0.2) is 84.9 Å². The van der Waals surface area contributed by atoms with Crippen molar-refractivity contribution in [1.82, 2.24) is 4.90 Å². The largest absolute Gasteiger partial charge is 0.466 e. The van der Waals surface area contributed by atoms with Crippen LogP contribution in [0.4, 0.5) is 0 Å². The van der Waals surface area contributed by atoms with Crippen molar-refractivity contribution in [2.45, 2.75) is 6.23 Å². The zero-order chi connectivity index (χ0) is 17.9. The molecule has 4 rings (SSSR count). The van der Waals surface area contributed by atoms with E-state index in [2.05, 4.69) is 0 Å². The van der Waals surface area contributed by atoms with Crippen molar-refractivity contribution < 1.29 is 9.53 Å². The maximum atomic E-state index is 12.8. The van der Waals surface area contributed by atoms with Crippen LogP contribution in [0.3, 0.4) is 0 Å². The van der Waals surface area contributed by atoms with E-state index in [0.29, 0.717) is 5.56 Å². The first kappa shape index (κ1) is 16.2. The van der Waals surface area contributed by atoms with E-state index < -0.39 is 6.23 Å². The summed E-state index contributed by atoms with van der Waals surface area (Å²) in [6.45, 7) is 0. The van der Waals surface area contributed by atoms with Gasteiger partial charge in [-0.1, -0.05) is 72.8 Å². The summed E-state index contributed by atoms with van der Waals surface area (Å²) in [5.41, 5.74) is 3.74. The third kappa shape index (κ3) is 3.00. The lowest BCUT2D eigenvalue weighted by Crippen LogP contribution is -2.30. The highest BCUT2D eigenvalue weighted by atomic mass is 16.5. The third-order valence-electron chi connectivity index (χ3n) is 4.52. The summed E-state index contributed by atoms with van der Waals surface area (Å²) >= 11 is 0. The molecule has 3 heteroatoms. The molecule has 26 heavy (non-hydrogen) atoms. The summed E-state index contributed by atoms with van der Waals surface area (Å²) in [5, 5.41) is 0. The Hall–Kier alpha value is -3.33. The van der Waals surface area contributed by atoms with Gasteiger partial charge in [0.25, 0.3) is 5.91 Å². The fraction of sp³-hybridized carbons (Fsp3) is 0.0870. The molecule has 1 unspecified atom stereocenters. The third-order valence-corrected chi connectivity index (χ3v) is 4.52. The van der Waals surface area contributed by atoms with Gasteiger partial charge in [0.15, 0.2) is 0 Å². The Morgan fingerprint density at radius 3 is 2.23 bits per heavy atom. The lowest BCUT2D eigenvalue weighted by Gasteiger charge is -2.24. The van der Waals surface area contributed by atoms with E-state index in [1.807, 2.05) is 91.0 Å². The molecule has 1 aliphatic rings. The Morgan fingerprint density at radius 2 is 1.50 bits per heavy atom. The molecule has 0 bridgehead atoms. The van der Waals surface area contributed by atoms with Gasteiger partial charge in [0.05, 0.1) is 0 Å². The number of ether oxygens (including phenoxy) is 1. The summed E-state index contributed by atoms with van der Waals surface area (Å²) in [4.78, 5) is 14.5. The van der Waals surface area contributed by atoms with Crippen LogP contribution in [0.25, 0.3) is 11.8 Å². The van der Waals surface area contributed by atoms with Gasteiger partial charge in [0, 0.05) is 23.7 Å². The number of nitrogens with zero attached hydrogens (tertiary/aromatic N) is 1. The van der Waals surface area contributed by atoms with Crippen LogP contribution in [0.2, 0.25) is 0 Å². The predicted octanol–water partition coefficient (Wildman–Crippen LogP) is 4.99. The Labute approximate surface area is 153 Å². The van der Waals surface area contributed by atoms with Gasteiger partial charge >= 0.3 is 0 Å². The smallest absolute Gasteiger partial charge is 0.256 e. The minimum atomic E-state index is -0.436. The molecule has 1 amide bonds. The molecule has 0 N–H and O–H groups in total. The van der Waals surface area contributed by atoms with Crippen molar-refractivity contribution in [3.63, 3.8) is 0 Å². The number of fused-ring (bicyclic) bond motifs is 1. The average Bonchev–Trinajstić information content (AvgIpc) is 3.07. The molecule has 1 aliphatic heterocycles. The molecule has 3 nitrogen and oxygen atoms in total. The minimum Gasteiger partial charge on any atom is -0.466 e. The topological polar surface area (TPSA) is 29.5 Å². The van der Waals surface area contributed by atoms with Crippen LogP contribution >= 0.6 is 0 Å². The highest BCUT2D eigenvalue weighted by Crippen LogP contribution is 2.41. The van der Waals surface area contributed by atoms with Crippen LogP contribution in [0.1, 0.15) is 33.3 Å². The molecule has 1 atom stereocenters. The van der Waals surface area contributed by atoms with E-state index in [1.165, 1.54) is 0 Å². The van der Waals surface area contributed by atoms with Gasteiger partial charge in [-0.2, -0.15) is 0 Å². The van der Waals surface area contributed by atoms with Gasteiger partial charge in [0.1, 0.15) is 5.76 Å². The van der Waals surface area contributed by atoms with Gasteiger partial charge in [-0.15, -0.1) is 0 Å². The van der Waals surface area contributed by atoms with Crippen LogP contribution in [0.5, 0.6) is 0 Å². The van der Waals surface area contributed by atoms with Crippen molar-refractivity contribution in [3.05, 3.63) is 107 Å². The molecule has 0 radical (unpaired) electrons. The SMILES string of the molecule is CN(C(=O)c1ccccc1)C1O/C(=C\c2ccccc2)c2ccccc21. The molecular weight excluding hydrogens is 322 g/mol. The lowest BCUT2D eigenvalue weighted by molar-refractivity contribution is 0.0264. The standard InChI is InChI=1S/C23H19NO2/c1-24(22(25)18-12-6-3-7-13-18)23-20-15-9-8-14-19(20)21(26-23)16-17-10-4-2-5-11-17/h2-16,23H,1H3/b21-16-. The van der Waals surface area contributed by atoms with Crippen LogP contribution in [-0.2, 0) is 4.74 Å². The van der Waals surface area contributed by atoms with Crippen LogP contribution < -0.4 is 0 Å². The van der Waals surface area contributed by atoms with Gasteiger partial charge in [-0.05, 0) is 23.8 Å². The molecule has 0 aromatic heterocycles. The van der Waals surface area contributed by atoms with Crippen molar-refractivity contribution in [1.29, 1.82) is 0 Å². The summed E-state index contributed by atoms with van der Waals surface area (Å²) in [6.07, 6.45) is 1.58. The molecule has 3 aromatic carbocycles. The van der Waals surface area contributed by atoms with Crippen LogP contribution in [0, 0.1) is 0 Å². The second-order valence-corrected chi connectivity index (χ2v) is 6.26. The predicted molar refractivity (Wildman–Crippen MR) is 103 cm³/mol. The summed E-state index contributed by atoms with van der Waals surface area (Å²) < 4.78 is 6.21. The Morgan fingerprint density at radius 1 is 0.885 bits per heavy atom. The Kier molecular flexibility index (Phi) is 4.28. The van der Waals surface area contributed by atoms with E-state index in [1.54, 1.807) is 11.9 Å². The van der Waals surface area contributed by atoms with E-state index >= 15 is 0 Å².